The summed E-state index contributed by atoms with van der Waals surface area (Å²) in [6.45, 7) is 2.02. The van der Waals surface area contributed by atoms with Crippen LogP contribution in [0.15, 0.2) is 163 Å². The molecule has 354 valence electrons. The Morgan fingerprint density at radius 3 is 1.43 bits per heavy atom. The first-order valence-corrected chi connectivity index (χ1v) is 24.3. The lowest BCUT2D eigenvalue weighted by Gasteiger charge is -2.19. The number of aliphatic carboxylic acids is 1. The van der Waals surface area contributed by atoms with Crippen LogP contribution >= 0.6 is 63.7 Å². The molecular weight excluding hydrogens is 1140 g/mol. The lowest BCUT2D eigenvalue weighted by Crippen LogP contribution is -2.29. The van der Waals surface area contributed by atoms with Gasteiger partial charge in [-0.25, -0.2) is 0 Å². The van der Waals surface area contributed by atoms with Crippen LogP contribution in [0.25, 0.3) is 0 Å². The van der Waals surface area contributed by atoms with Crippen LogP contribution in [0.1, 0.15) is 66.9 Å². The molecule has 69 heavy (non-hydrogen) atoms. The number of hydrogen-bond acceptors (Lipinski definition) is 9. The second-order valence-electron chi connectivity index (χ2n) is 15.5. The molecule has 0 aliphatic carbocycles. The number of ether oxygens (including phenoxy) is 2. The van der Waals surface area contributed by atoms with E-state index in [9.17, 15) is 34.5 Å². The number of carboxylic acids is 1. The van der Waals surface area contributed by atoms with E-state index in [4.69, 9.17) is 14.6 Å². The van der Waals surface area contributed by atoms with Crippen molar-refractivity contribution in [2.45, 2.75) is 38.8 Å². The van der Waals surface area contributed by atoms with Crippen LogP contribution in [0, 0.1) is 0 Å². The standard InChI is InChI=1S/C30H25Br2NO4.C23H19Br2NO6/c1-19(34)14-20-15-26(31)29(27(32)16-20)37-23-12-13-28(35)24(17-23)30(36)33-18-25(21-8-4-2-5-9-21)22-10-6-3-7-11-22;24-18-7-15(9-21(29)30)8-19(25)22(18)32-16-4-5-20(28)17(10-16)23(31)26-11-13-2-1-3-14(6-13)12-27/h2-13,15-17,25,35H,14,18H2,1H3,(H,33,36);1-8,10,27-28H,9,11-12H2,(H,26,31)(H,29,30). The summed E-state index contributed by atoms with van der Waals surface area (Å²) in [5, 5.41) is 44.5. The number of Topliss-reactive ketones (excluding diaryl/α,β-unsaturated/α-hetero) is 1. The number of nitrogens with one attached hydrogen (secondary N) is 2. The molecule has 12 nitrogen and oxygen atoms in total. The van der Waals surface area contributed by atoms with E-state index in [0.717, 1.165) is 27.8 Å². The second kappa shape index (κ2) is 24.8. The first-order chi connectivity index (χ1) is 33.1. The highest BCUT2D eigenvalue weighted by Crippen LogP contribution is 2.40. The van der Waals surface area contributed by atoms with Gasteiger partial charge in [0, 0.05) is 25.4 Å². The highest BCUT2D eigenvalue weighted by molar-refractivity contribution is 9.11. The van der Waals surface area contributed by atoms with Gasteiger partial charge >= 0.3 is 5.97 Å². The van der Waals surface area contributed by atoms with Gasteiger partial charge < -0.3 is 40.5 Å². The number of halogens is 4. The molecule has 0 unspecified atom stereocenters. The van der Waals surface area contributed by atoms with E-state index < -0.39 is 17.8 Å². The third kappa shape index (κ3) is 14.8. The summed E-state index contributed by atoms with van der Waals surface area (Å²) in [7, 11) is 0. The Bertz CT molecular complexity index is 2890. The monoisotopic (exact) mass is 1180 g/mol. The smallest absolute Gasteiger partial charge is 0.307 e. The Labute approximate surface area is 431 Å². The molecule has 0 fully saturated rings. The van der Waals surface area contributed by atoms with Crippen LogP contribution in [0.2, 0.25) is 0 Å². The van der Waals surface area contributed by atoms with E-state index in [1.165, 1.54) is 37.3 Å². The van der Waals surface area contributed by atoms with Crippen molar-refractivity contribution in [2.75, 3.05) is 6.54 Å². The molecule has 7 rings (SSSR count). The molecule has 7 aromatic rings. The molecule has 0 atom stereocenters. The maximum absolute atomic E-state index is 13.1. The van der Waals surface area contributed by atoms with Crippen molar-refractivity contribution in [1.29, 1.82) is 0 Å². The molecule has 6 N–H and O–H groups in total. The fourth-order valence-corrected chi connectivity index (χ4v) is 9.93. The first-order valence-electron chi connectivity index (χ1n) is 21.1. The number of phenols is 2. The van der Waals surface area contributed by atoms with Crippen LogP contribution in [-0.4, -0.2) is 50.5 Å². The largest absolute Gasteiger partial charge is 0.507 e. The molecule has 0 radical (unpaired) electrons. The van der Waals surface area contributed by atoms with Crippen molar-refractivity contribution < 1.29 is 49.1 Å². The Balaban J connectivity index is 0.000000229. The van der Waals surface area contributed by atoms with E-state index in [1.54, 1.807) is 36.4 Å². The van der Waals surface area contributed by atoms with Crippen molar-refractivity contribution in [3.05, 3.63) is 208 Å². The summed E-state index contributed by atoms with van der Waals surface area (Å²) < 4.78 is 14.3. The normalized spacial score (nSPS) is 10.7. The molecule has 0 bridgehead atoms. The minimum atomic E-state index is -0.949. The summed E-state index contributed by atoms with van der Waals surface area (Å²) >= 11 is 13.7. The van der Waals surface area contributed by atoms with Crippen molar-refractivity contribution in [2.24, 2.45) is 0 Å². The van der Waals surface area contributed by atoms with Gasteiger partial charge in [-0.05, 0) is 165 Å². The van der Waals surface area contributed by atoms with Crippen LogP contribution in [0.3, 0.4) is 0 Å². The molecule has 0 saturated carbocycles. The maximum atomic E-state index is 13.1. The number of ketones is 1. The second-order valence-corrected chi connectivity index (χ2v) is 19.0. The van der Waals surface area contributed by atoms with Gasteiger partial charge in [0.05, 0.1) is 42.0 Å². The van der Waals surface area contributed by atoms with E-state index in [2.05, 4.69) is 74.4 Å². The maximum Gasteiger partial charge on any atom is 0.307 e. The van der Waals surface area contributed by atoms with Crippen LogP contribution in [0.4, 0.5) is 0 Å². The third-order valence-corrected chi connectivity index (χ3v) is 12.6. The highest BCUT2D eigenvalue weighted by Gasteiger charge is 2.20. The molecule has 0 saturated heterocycles. The molecule has 0 aromatic heterocycles. The van der Waals surface area contributed by atoms with Gasteiger partial charge in [-0.2, -0.15) is 0 Å². The van der Waals surface area contributed by atoms with Crippen molar-refractivity contribution in [3.8, 4) is 34.5 Å². The zero-order valence-electron chi connectivity index (χ0n) is 36.7. The van der Waals surface area contributed by atoms with Crippen molar-refractivity contribution in [3.63, 3.8) is 0 Å². The van der Waals surface area contributed by atoms with Crippen LogP contribution < -0.4 is 20.1 Å². The number of carbonyl (C=O) groups is 4. The predicted octanol–water partition coefficient (Wildman–Crippen LogP) is 12.2. The quantitative estimate of drug-likeness (QED) is 0.0511. The Kier molecular flexibility index (Phi) is 18.7. The third-order valence-electron chi connectivity index (χ3n) is 10.3. The number of aromatic hydroxyl groups is 2. The average molecular weight is 1190 g/mol. The molecular formula is C53H44Br4N2O10. The number of benzene rings is 7. The van der Waals surface area contributed by atoms with E-state index >= 15 is 0 Å². The van der Waals surface area contributed by atoms with Crippen LogP contribution in [-0.2, 0) is 35.6 Å². The van der Waals surface area contributed by atoms with Crippen molar-refractivity contribution in [1.82, 2.24) is 10.6 Å². The average Bonchev–Trinajstić information content (AvgIpc) is 3.32. The minimum absolute atomic E-state index is 0.0376. The summed E-state index contributed by atoms with van der Waals surface area (Å²) in [6, 6.07) is 42.9. The minimum Gasteiger partial charge on any atom is -0.507 e. The lowest BCUT2D eigenvalue weighted by molar-refractivity contribution is -0.136. The van der Waals surface area contributed by atoms with Crippen LogP contribution in [0.5, 0.6) is 34.5 Å². The van der Waals surface area contributed by atoms with Gasteiger partial charge in [0.1, 0.15) is 28.8 Å². The molecule has 0 aliphatic heterocycles. The van der Waals surface area contributed by atoms with Crippen molar-refractivity contribution >= 4 is 87.3 Å². The molecule has 0 aliphatic rings. The number of carbonyl (C=O) groups excluding carboxylic acids is 3. The van der Waals surface area contributed by atoms with Gasteiger partial charge in [-0.1, -0.05) is 84.9 Å². The number of carboxylic acid groups (broad SMARTS) is 1. The number of hydrogen-bond donors (Lipinski definition) is 6. The Morgan fingerprint density at radius 2 is 0.986 bits per heavy atom. The fourth-order valence-electron chi connectivity index (χ4n) is 7.05. The van der Waals surface area contributed by atoms with E-state index in [-0.39, 0.29) is 53.9 Å². The SMILES string of the molecule is CC(=O)Cc1cc(Br)c(Oc2ccc(O)c(C(=O)NCC(c3ccccc3)c3ccccc3)c2)c(Br)c1.O=C(O)Cc1cc(Br)c(Oc2ccc(O)c(C(=O)NCc3cccc(CO)c3)c2)c(Br)c1. The number of phenolic OH excluding ortho intramolecular Hbond substituents is 2. The van der Waals surface area contributed by atoms with E-state index in [1.807, 2.05) is 78.9 Å². The van der Waals surface area contributed by atoms with E-state index in [0.29, 0.717) is 59.4 Å². The molecule has 16 heteroatoms. The number of aliphatic hydroxyl groups excluding tert-OH is 1. The number of amides is 2. The molecule has 0 heterocycles. The first kappa shape index (κ1) is 52.1. The zero-order chi connectivity index (χ0) is 49.6. The fraction of sp³-hybridized carbons (Fsp3) is 0.132. The van der Waals surface area contributed by atoms with Gasteiger partial charge in [0.15, 0.2) is 11.5 Å². The summed E-state index contributed by atoms with van der Waals surface area (Å²) in [5.41, 5.74) is 5.28. The van der Waals surface area contributed by atoms with Gasteiger partial charge in [0.25, 0.3) is 11.8 Å². The lowest BCUT2D eigenvalue weighted by atomic mass is 9.91. The zero-order valence-corrected chi connectivity index (χ0v) is 43.1. The van der Waals surface area contributed by atoms with Gasteiger partial charge in [0.2, 0.25) is 0 Å². The molecule has 2 amide bonds. The topological polar surface area (TPSA) is 192 Å². The van der Waals surface area contributed by atoms with Gasteiger partial charge in [-0.15, -0.1) is 0 Å². The Hall–Kier alpha value is -6.30. The number of aliphatic hydroxyl groups is 1. The summed E-state index contributed by atoms with van der Waals surface area (Å²) in [4.78, 5) is 48.2. The Morgan fingerprint density at radius 1 is 0.536 bits per heavy atom. The molecule has 7 aromatic carbocycles. The summed E-state index contributed by atoms with van der Waals surface area (Å²) in [6.07, 6.45) is 0.177. The molecule has 0 spiro atoms. The number of rotatable bonds is 17. The summed E-state index contributed by atoms with van der Waals surface area (Å²) in [5.74, 6) is -0.591. The predicted molar refractivity (Wildman–Crippen MR) is 276 cm³/mol. The highest BCUT2D eigenvalue weighted by atomic mass is 79.9. The van der Waals surface area contributed by atoms with Gasteiger partial charge in [-0.3, -0.25) is 19.2 Å².